The topological polar surface area (TPSA) is 65.1 Å². The van der Waals surface area contributed by atoms with E-state index < -0.39 is 23.2 Å². The van der Waals surface area contributed by atoms with Gasteiger partial charge in [0.25, 0.3) is 11.5 Å². The quantitative estimate of drug-likeness (QED) is 0.870. The van der Waals surface area contributed by atoms with E-state index in [2.05, 4.69) is 0 Å². The number of carbonyl (C=O) groups is 1. The number of rotatable bonds is 3. The van der Waals surface area contributed by atoms with E-state index in [-0.39, 0.29) is 21.6 Å². The molecule has 2 aromatic rings. The van der Waals surface area contributed by atoms with Gasteiger partial charge in [-0.1, -0.05) is 6.07 Å². The Hall–Kier alpha value is -2.61. The minimum atomic E-state index is -4.54. The third-order valence-corrected chi connectivity index (χ3v) is 3.40. The van der Waals surface area contributed by atoms with Gasteiger partial charge in [0.05, 0.1) is 32.4 Å². The zero-order valence-electron chi connectivity index (χ0n) is 13.4. The molecule has 8 heteroatoms. The van der Waals surface area contributed by atoms with Crippen LogP contribution in [0, 0.1) is 0 Å². The van der Waals surface area contributed by atoms with Gasteiger partial charge in [-0.3, -0.25) is 14.1 Å². The summed E-state index contributed by atoms with van der Waals surface area (Å²) in [7, 11) is 5.06. The van der Waals surface area contributed by atoms with E-state index in [1.165, 1.54) is 18.2 Å². The van der Waals surface area contributed by atoms with Crippen LogP contribution in [0.15, 0.2) is 41.2 Å². The summed E-state index contributed by atoms with van der Waals surface area (Å²) < 4.78 is 40.0. The molecule has 24 heavy (non-hydrogen) atoms. The first-order valence-corrected chi connectivity index (χ1v) is 6.98. The predicted molar refractivity (Wildman–Crippen MR) is 85.1 cm³/mol. The van der Waals surface area contributed by atoms with Gasteiger partial charge in [0.1, 0.15) is 5.56 Å². The average molecular weight is 340 g/mol. The number of aromatic nitrogens is 1. The summed E-state index contributed by atoms with van der Waals surface area (Å²) in [5.74, 6) is -0.562. The molecule has 1 amide bonds. The van der Waals surface area contributed by atoms with Gasteiger partial charge in [0, 0.05) is 6.07 Å². The molecule has 0 unspecified atom stereocenters. The average Bonchev–Trinajstić information content (AvgIpc) is 2.44. The highest BCUT2D eigenvalue weighted by atomic mass is 19.4. The highest BCUT2D eigenvalue weighted by Gasteiger charge is 2.32. The third kappa shape index (κ3) is 3.33. The van der Waals surface area contributed by atoms with Crippen molar-refractivity contribution in [3.63, 3.8) is 0 Å². The highest BCUT2D eigenvalue weighted by Crippen LogP contribution is 2.31. The number of carbonyl (C=O) groups excluding carboxylic acids is 1. The van der Waals surface area contributed by atoms with Gasteiger partial charge in [-0.25, -0.2) is 4.57 Å². The van der Waals surface area contributed by atoms with Crippen molar-refractivity contribution in [3.05, 3.63) is 57.9 Å². The van der Waals surface area contributed by atoms with Gasteiger partial charge in [0.2, 0.25) is 5.82 Å². The van der Waals surface area contributed by atoms with Gasteiger partial charge in [-0.15, -0.1) is 0 Å². The van der Waals surface area contributed by atoms with Crippen LogP contribution in [0.3, 0.4) is 0 Å². The SMILES string of the molecule is C[N+](C)(C)c1c(C(N)=O)ccc(=O)n1-c1cccc(C(F)(F)F)c1. The number of quaternary nitrogens is 1. The molecule has 1 heterocycles. The Bertz CT molecular complexity index is 849. The van der Waals surface area contributed by atoms with Gasteiger partial charge in [0.15, 0.2) is 0 Å². The molecule has 0 aliphatic heterocycles. The van der Waals surface area contributed by atoms with Crippen molar-refractivity contribution in [1.82, 2.24) is 9.05 Å². The minimum absolute atomic E-state index is 0.0148. The molecule has 0 radical (unpaired) electrons. The monoisotopic (exact) mass is 340 g/mol. The fraction of sp³-hybridized carbons (Fsp3) is 0.250. The first kappa shape index (κ1) is 17.7. The van der Waals surface area contributed by atoms with Gasteiger partial charge in [-0.05, 0) is 24.3 Å². The number of nitrogens with zero attached hydrogens (tertiary/aromatic N) is 2. The maximum atomic E-state index is 13.0. The molecule has 0 aliphatic rings. The molecule has 0 saturated heterocycles. The fourth-order valence-electron chi connectivity index (χ4n) is 2.45. The first-order chi connectivity index (χ1) is 10.9. The summed E-state index contributed by atoms with van der Waals surface area (Å²) in [6, 6.07) is 6.76. The number of hydrogen-bond donors (Lipinski definition) is 1. The summed E-state index contributed by atoms with van der Waals surface area (Å²) >= 11 is 0. The summed E-state index contributed by atoms with van der Waals surface area (Å²) in [5, 5.41) is 0. The molecular weight excluding hydrogens is 323 g/mol. The number of amides is 1. The molecule has 0 atom stereocenters. The summed E-state index contributed by atoms with van der Waals surface area (Å²) in [6.45, 7) is 0. The Morgan fingerprint density at radius 3 is 2.25 bits per heavy atom. The normalized spacial score (nSPS) is 12.2. The van der Waals surface area contributed by atoms with Crippen LogP contribution in [0.5, 0.6) is 0 Å². The lowest BCUT2D eigenvalue weighted by Crippen LogP contribution is -2.42. The lowest BCUT2D eigenvalue weighted by molar-refractivity contribution is -0.137. The molecule has 128 valence electrons. The summed E-state index contributed by atoms with van der Waals surface area (Å²) in [4.78, 5) is 24.0. The number of benzene rings is 1. The Kier molecular flexibility index (Phi) is 4.28. The molecule has 0 aliphatic carbocycles. The molecule has 2 N–H and O–H groups in total. The second kappa shape index (κ2) is 5.79. The number of alkyl halides is 3. The van der Waals surface area contributed by atoms with Crippen molar-refractivity contribution in [2.75, 3.05) is 21.1 Å². The van der Waals surface area contributed by atoms with E-state index in [9.17, 15) is 22.8 Å². The maximum Gasteiger partial charge on any atom is 0.416 e. The van der Waals surface area contributed by atoms with Crippen LogP contribution in [-0.2, 0) is 6.18 Å². The maximum absolute atomic E-state index is 13.0. The van der Waals surface area contributed by atoms with Gasteiger partial charge < -0.3 is 5.73 Å². The Morgan fingerprint density at radius 2 is 1.75 bits per heavy atom. The number of pyridine rings is 1. The lowest BCUT2D eigenvalue weighted by atomic mass is 10.1. The Labute approximate surface area is 136 Å². The number of halogens is 3. The zero-order valence-corrected chi connectivity index (χ0v) is 13.4. The third-order valence-electron chi connectivity index (χ3n) is 3.40. The van der Waals surface area contributed by atoms with E-state index in [1.54, 1.807) is 21.1 Å². The van der Waals surface area contributed by atoms with Crippen molar-refractivity contribution < 1.29 is 18.0 Å². The molecule has 1 aromatic heterocycles. The van der Waals surface area contributed by atoms with Crippen molar-refractivity contribution in [2.24, 2.45) is 5.73 Å². The highest BCUT2D eigenvalue weighted by molar-refractivity contribution is 5.97. The molecule has 1 aromatic carbocycles. The number of nitrogens with two attached hydrogens (primary N) is 1. The van der Waals surface area contributed by atoms with Crippen molar-refractivity contribution in [2.45, 2.75) is 6.18 Å². The van der Waals surface area contributed by atoms with Crippen molar-refractivity contribution >= 4 is 11.7 Å². The van der Waals surface area contributed by atoms with E-state index in [0.29, 0.717) is 0 Å². The van der Waals surface area contributed by atoms with E-state index in [1.807, 2.05) is 0 Å². The molecule has 5 nitrogen and oxygen atoms in total. The first-order valence-electron chi connectivity index (χ1n) is 6.98. The van der Waals surface area contributed by atoms with Crippen LogP contribution in [-0.4, -0.2) is 31.6 Å². The minimum Gasteiger partial charge on any atom is -0.365 e. The van der Waals surface area contributed by atoms with Crippen molar-refractivity contribution in [1.29, 1.82) is 0 Å². The van der Waals surface area contributed by atoms with Crippen LogP contribution in [0.1, 0.15) is 15.9 Å². The van der Waals surface area contributed by atoms with Gasteiger partial charge >= 0.3 is 6.18 Å². The lowest BCUT2D eigenvalue weighted by Gasteiger charge is -2.28. The Balaban J connectivity index is 2.87. The molecule has 0 saturated carbocycles. The smallest absolute Gasteiger partial charge is 0.365 e. The molecule has 0 bridgehead atoms. The number of primary amides is 1. The van der Waals surface area contributed by atoms with Crippen LogP contribution < -0.4 is 15.8 Å². The largest absolute Gasteiger partial charge is 0.416 e. The summed E-state index contributed by atoms with van der Waals surface area (Å²) in [5.41, 5.74) is 4.01. The van der Waals surface area contributed by atoms with E-state index >= 15 is 0 Å². The second-order valence-electron chi connectivity index (χ2n) is 6.17. The number of hydrogen-bond acceptors (Lipinski definition) is 2. The molecule has 2 rings (SSSR count). The van der Waals surface area contributed by atoms with Crippen molar-refractivity contribution in [3.8, 4) is 5.69 Å². The Morgan fingerprint density at radius 1 is 1.12 bits per heavy atom. The zero-order chi connectivity index (χ0) is 18.3. The molecular formula is C16H17F3N3O2+. The molecule has 0 fully saturated rings. The summed E-state index contributed by atoms with van der Waals surface area (Å²) in [6.07, 6.45) is -4.54. The van der Waals surface area contributed by atoms with E-state index in [4.69, 9.17) is 5.73 Å². The predicted octanol–water partition coefficient (Wildman–Crippen LogP) is 2.15. The van der Waals surface area contributed by atoms with Crippen LogP contribution in [0.4, 0.5) is 19.0 Å². The second-order valence-corrected chi connectivity index (χ2v) is 6.17. The van der Waals surface area contributed by atoms with Crippen LogP contribution in [0.2, 0.25) is 0 Å². The van der Waals surface area contributed by atoms with E-state index in [0.717, 1.165) is 22.8 Å². The van der Waals surface area contributed by atoms with Crippen LogP contribution >= 0.6 is 0 Å². The molecule has 0 spiro atoms. The standard InChI is InChI=1S/C16H16F3N3O2/c1-22(2,3)15-12(14(20)24)7-8-13(23)21(15)11-6-4-5-10(9-11)16(17,18)19/h4-9H,1-3H3,(H-,20,24)/p+1. The fourth-order valence-corrected chi connectivity index (χ4v) is 2.45. The van der Waals surface area contributed by atoms with Crippen LogP contribution in [0.25, 0.3) is 5.69 Å². The van der Waals surface area contributed by atoms with Gasteiger partial charge in [-0.2, -0.15) is 13.2 Å².